The van der Waals surface area contributed by atoms with E-state index in [1.807, 2.05) is 18.2 Å². The Morgan fingerprint density at radius 3 is 2.71 bits per heavy atom. The van der Waals surface area contributed by atoms with Gasteiger partial charge in [-0.25, -0.2) is 0 Å². The summed E-state index contributed by atoms with van der Waals surface area (Å²) >= 11 is 0. The van der Waals surface area contributed by atoms with Crippen LogP contribution in [0.4, 0.5) is 0 Å². The lowest BCUT2D eigenvalue weighted by atomic mass is 10.1. The minimum absolute atomic E-state index is 0.0778. The van der Waals surface area contributed by atoms with Crippen LogP contribution in [-0.2, 0) is 0 Å². The summed E-state index contributed by atoms with van der Waals surface area (Å²) in [6, 6.07) is 5.94. The normalized spacial score (nSPS) is 12.7. The van der Waals surface area contributed by atoms with Crippen LogP contribution in [0.2, 0.25) is 0 Å². The number of unbranched alkanes of at least 4 members (excludes halogenated alkanes) is 2. The van der Waals surface area contributed by atoms with Crippen molar-refractivity contribution in [1.29, 1.82) is 0 Å². The molecule has 0 aliphatic rings. The first kappa shape index (κ1) is 11.1. The molecule has 0 aromatic carbocycles. The molecular weight excluding hydrogens is 174 g/mol. The number of hydrogen-bond donors (Lipinski definition) is 2. The number of nitrogens with two attached hydrogens (primary N) is 2. The summed E-state index contributed by atoms with van der Waals surface area (Å²) in [4.78, 5) is 4.23. The van der Waals surface area contributed by atoms with Crippen LogP contribution >= 0.6 is 0 Å². The van der Waals surface area contributed by atoms with Gasteiger partial charge in [0, 0.05) is 12.2 Å². The van der Waals surface area contributed by atoms with Gasteiger partial charge < -0.3 is 11.5 Å². The number of pyridine rings is 1. The topological polar surface area (TPSA) is 64.9 Å². The van der Waals surface area contributed by atoms with E-state index < -0.39 is 0 Å². The van der Waals surface area contributed by atoms with Crippen molar-refractivity contribution in [3.05, 3.63) is 30.1 Å². The largest absolute Gasteiger partial charge is 0.330 e. The van der Waals surface area contributed by atoms with Crippen molar-refractivity contribution in [2.24, 2.45) is 11.5 Å². The molecule has 0 amide bonds. The average molecular weight is 193 g/mol. The lowest BCUT2D eigenvalue weighted by Crippen LogP contribution is -2.11. The average Bonchev–Trinajstić information content (AvgIpc) is 2.25. The quantitative estimate of drug-likeness (QED) is 0.674. The molecule has 4 N–H and O–H groups in total. The van der Waals surface area contributed by atoms with Gasteiger partial charge in [0.15, 0.2) is 0 Å². The Kier molecular flexibility index (Phi) is 5.19. The van der Waals surface area contributed by atoms with Crippen LogP contribution in [0.5, 0.6) is 0 Å². The molecule has 1 aromatic heterocycles. The second-order valence-electron chi connectivity index (χ2n) is 3.50. The Bertz CT molecular complexity index is 236. The van der Waals surface area contributed by atoms with Crippen LogP contribution in [0.25, 0.3) is 0 Å². The van der Waals surface area contributed by atoms with Gasteiger partial charge in [-0.05, 0) is 31.5 Å². The van der Waals surface area contributed by atoms with Gasteiger partial charge in [0.25, 0.3) is 0 Å². The molecule has 14 heavy (non-hydrogen) atoms. The van der Waals surface area contributed by atoms with E-state index in [-0.39, 0.29) is 6.04 Å². The number of nitrogens with zero attached hydrogens (tertiary/aromatic N) is 1. The zero-order valence-corrected chi connectivity index (χ0v) is 8.52. The van der Waals surface area contributed by atoms with Crippen LogP contribution < -0.4 is 11.5 Å². The van der Waals surface area contributed by atoms with Gasteiger partial charge in [-0.15, -0.1) is 0 Å². The van der Waals surface area contributed by atoms with Crippen molar-refractivity contribution in [3.8, 4) is 0 Å². The predicted molar refractivity (Wildman–Crippen MR) is 58.7 cm³/mol. The van der Waals surface area contributed by atoms with E-state index in [0.717, 1.165) is 37.9 Å². The minimum Gasteiger partial charge on any atom is -0.330 e. The van der Waals surface area contributed by atoms with E-state index in [0.29, 0.717) is 0 Å². The van der Waals surface area contributed by atoms with Crippen molar-refractivity contribution in [2.45, 2.75) is 31.7 Å². The summed E-state index contributed by atoms with van der Waals surface area (Å²) in [5, 5.41) is 0. The van der Waals surface area contributed by atoms with E-state index in [2.05, 4.69) is 4.98 Å². The highest BCUT2D eigenvalue weighted by Gasteiger charge is 2.05. The van der Waals surface area contributed by atoms with E-state index in [1.54, 1.807) is 6.20 Å². The molecule has 1 atom stereocenters. The monoisotopic (exact) mass is 193 g/mol. The fraction of sp³-hybridized carbons (Fsp3) is 0.545. The molecule has 0 bridgehead atoms. The molecule has 0 saturated carbocycles. The van der Waals surface area contributed by atoms with Gasteiger partial charge >= 0.3 is 0 Å². The molecule has 1 aromatic rings. The molecule has 0 aliphatic heterocycles. The fourth-order valence-electron chi connectivity index (χ4n) is 1.43. The first-order chi connectivity index (χ1) is 6.84. The third kappa shape index (κ3) is 3.85. The van der Waals surface area contributed by atoms with E-state index in [4.69, 9.17) is 11.5 Å². The molecule has 1 unspecified atom stereocenters. The highest BCUT2D eigenvalue weighted by atomic mass is 14.8. The number of hydrogen-bond acceptors (Lipinski definition) is 3. The Morgan fingerprint density at radius 2 is 2.07 bits per heavy atom. The van der Waals surface area contributed by atoms with E-state index in [1.165, 1.54) is 0 Å². The summed E-state index contributed by atoms with van der Waals surface area (Å²) < 4.78 is 0. The summed E-state index contributed by atoms with van der Waals surface area (Å²) in [5.41, 5.74) is 12.4. The zero-order chi connectivity index (χ0) is 10.2. The Balaban J connectivity index is 2.25. The van der Waals surface area contributed by atoms with Gasteiger partial charge in [0.1, 0.15) is 0 Å². The van der Waals surface area contributed by atoms with Gasteiger partial charge in [-0.1, -0.05) is 18.9 Å². The van der Waals surface area contributed by atoms with Crippen LogP contribution in [0.3, 0.4) is 0 Å². The Hall–Kier alpha value is -0.930. The Labute approximate surface area is 85.5 Å². The highest BCUT2D eigenvalue weighted by Crippen LogP contribution is 2.14. The fourth-order valence-corrected chi connectivity index (χ4v) is 1.43. The van der Waals surface area contributed by atoms with Gasteiger partial charge in [0.05, 0.1) is 5.69 Å². The van der Waals surface area contributed by atoms with Crippen LogP contribution in [-0.4, -0.2) is 11.5 Å². The van der Waals surface area contributed by atoms with Crippen LogP contribution in [0.15, 0.2) is 24.4 Å². The van der Waals surface area contributed by atoms with Crippen molar-refractivity contribution in [3.63, 3.8) is 0 Å². The van der Waals surface area contributed by atoms with Crippen LogP contribution in [0, 0.1) is 0 Å². The van der Waals surface area contributed by atoms with Crippen molar-refractivity contribution in [2.75, 3.05) is 6.54 Å². The second kappa shape index (κ2) is 6.51. The molecule has 1 rings (SSSR count). The standard InChI is InChI=1S/C11H19N3/c12-8-4-1-2-6-10(13)11-7-3-5-9-14-11/h3,5,7,9-10H,1-2,4,6,8,12-13H2. The van der Waals surface area contributed by atoms with Gasteiger partial charge in [0.2, 0.25) is 0 Å². The first-order valence-electron chi connectivity index (χ1n) is 5.21. The van der Waals surface area contributed by atoms with Gasteiger partial charge in [-0.2, -0.15) is 0 Å². The summed E-state index contributed by atoms with van der Waals surface area (Å²) in [6.45, 7) is 0.777. The third-order valence-corrected chi connectivity index (χ3v) is 2.29. The lowest BCUT2D eigenvalue weighted by molar-refractivity contribution is 0.563. The molecule has 78 valence electrons. The number of rotatable bonds is 6. The van der Waals surface area contributed by atoms with Crippen LogP contribution in [0.1, 0.15) is 37.4 Å². The molecule has 3 heteroatoms. The minimum atomic E-state index is 0.0778. The third-order valence-electron chi connectivity index (χ3n) is 2.29. The molecule has 1 heterocycles. The molecular formula is C11H19N3. The molecule has 0 fully saturated rings. The smallest absolute Gasteiger partial charge is 0.0570 e. The van der Waals surface area contributed by atoms with Crippen molar-refractivity contribution >= 4 is 0 Å². The molecule has 3 nitrogen and oxygen atoms in total. The number of aromatic nitrogens is 1. The Morgan fingerprint density at radius 1 is 1.21 bits per heavy atom. The maximum atomic E-state index is 5.98. The SMILES string of the molecule is NCCCCCC(N)c1ccccn1. The molecule has 0 spiro atoms. The molecule has 0 aliphatic carbocycles. The predicted octanol–water partition coefficient (Wildman–Crippen LogP) is 1.60. The van der Waals surface area contributed by atoms with Gasteiger partial charge in [-0.3, -0.25) is 4.98 Å². The van der Waals surface area contributed by atoms with Crippen molar-refractivity contribution in [1.82, 2.24) is 4.98 Å². The second-order valence-corrected chi connectivity index (χ2v) is 3.50. The molecule has 0 radical (unpaired) electrons. The van der Waals surface area contributed by atoms with E-state index >= 15 is 0 Å². The summed E-state index contributed by atoms with van der Waals surface area (Å²) in [5.74, 6) is 0. The molecule has 0 saturated heterocycles. The summed E-state index contributed by atoms with van der Waals surface area (Å²) in [6.07, 6.45) is 6.17. The maximum absolute atomic E-state index is 5.98. The van der Waals surface area contributed by atoms with E-state index in [9.17, 15) is 0 Å². The maximum Gasteiger partial charge on any atom is 0.0570 e. The highest BCUT2D eigenvalue weighted by molar-refractivity contribution is 5.07. The lowest BCUT2D eigenvalue weighted by Gasteiger charge is -2.09. The summed E-state index contributed by atoms with van der Waals surface area (Å²) in [7, 11) is 0. The first-order valence-corrected chi connectivity index (χ1v) is 5.21. The zero-order valence-electron chi connectivity index (χ0n) is 8.52. The van der Waals surface area contributed by atoms with Crippen molar-refractivity contribution < 1.29 is 0 Å².